The topological polar surface area (TPSA) is 54.5 Å². The first-order valence-corrected chi connectivity index (χ1v) is 8.74. The van der Waals surface area contributed by atoms with Crippen LogP contribution >= 0.6 is 0 Å². The second kappa shape index (κ2) is 8.23. The number of rotatable bonds is 5. The summed E-state index contributed by atoms with van der Waals surface area (Å²) in [6, 6.07) is 16.2. The monoisotopic (exact) mass is 339 g/mol. The summed E-state index contributed by atoms with van der Waals surface area (Å²) in [6.45, 7) is 5.66. The van der Waals surface area contributed by atoms with Crippen LogP contribution in [0.5, 0.6) is 0 Å². The van der Waals surface area contributed by atoms with Gasteiger partial charge in [0.2, 0.25) is 5.91 Å². The molecule has 3 atom stereocenters. The second-order valence-electron chi connectivity index (χ2n) is 6.52. The van der Waals surface area contributed by atoms with Crippen molar-refractivity contribution in [3.63, 3.8) is 0 Å². The van der Waals surface area contributed by atoms with E-state index in [2.05, 4.69) is 41.2 Å². The molecular weight excluding hydrogens is 314 g/mol. The summed E-state index contributed by atoms with van der Waals surface area (Å²) in [5, 5.41) is 2.96. The molecule has 1 amide bonds. The Labute approximate surface area is 149 Å². The third kappa shape index (κ3) is 4.44. The number of amides is 1. The largest absolute Gasteiger partial charge is 0.370 e. The number of hydrogen-bond acceptors (Lipinski definition) is 4. The third-order valence-corrected chi connectivity index (χ3v) is 4.69. The molecule has 1 fully saturated rings. The van der Waals surface area contributed by atoms with E-state index in [1.807, 2.05) is 36.4 Å². The lowest BCUT2D eigenvalue weighted by molar-refractivity contribution is -0.132. The van der Waals surface area contributed by atoms with Crippen molar-refractivity contribution in [2.75, 3.05) is 13.2 Å². The van der Waals surface area contributed by atoms with E-state index < -0.39 is 0 Å². The molecule has 2 heterocycles. The summed E-state index contributed by atoms with van der Waals surface area (Å²) in [5.41, 5.74) is 2.02. The molecule has 1 aromatic carbocycles. The molecule has 132 valence electrons. The van der Waals surface area contributed by atoms with Crippen LogP contribution in [0.4, 0.5) is 0 Å². The zero-order valence-electron chi connectivity index (χ0n) is 14.8. The van der Waals surface area contributed by atoms with Gasteiger partial charge >= 0.3 is 0 Å². The number of nitrogens with one attached hydrogen (secondary N) is 1. The van der Waals surface area contributed by atoms with E-state index in [4.69, 9.17) is 4.74 Å². The molecule has 1 saturated heterocycles. The summed E-state index contributed by atoms with van der Waals surface area (Å²) < 4.78 is 6.05. The van der Waals surface area contributed by atoms with Crippen LogP contribution in [0.25, 0.3) is 0 Å². The van der Waals surface area contributed by atoms with Crippen molar-refractivity contribution in [2.45, 2.75) is 38.6 Å². The fraction of sp³-hybridized carbons (Fsp3) is 0.400. The van der Waals surface area contributed by atoms with Crippen LogP contribution in [0, 0.1) is 0 Å². The lowest BCUT2D eigenvalue weighted by Gasteiger charge is -2.43. The Balaban J connectivity index is 1.60. The quantitative estimate of drug-likeness (QED) is 0.910. The second-order valence-corrected chi connectivity index (χ2v) is 6.52. The van der Waals surface area contributed by atoms with Gasteiger partial charge in [0.1, 0.15) is 0 Å². The molecule has 3 rings (SSSR count). The van der Waals surface area contributed by atoms with Gasteiger partial charge in [0.25, 0.3) is 0 Å². The summed E-state index contributed by atoms with van der Waals surface area (Å²) in [4.78, 5) is 18.8. The Kier molecular flexibility index (Phi) is 5.79. The number of morpholine rings is 1. The lowest BCUT2D eigenvalue weighted by atomic mass is 9.98. The maximum atomic E-state index is 12.4. The van der Waals surface area contributed by atoms with E-state index in [9.17, 15) is 4.79 Å². The normalized spacial score (nSPS) is 24.0. The highest BCUT2D eigenvalue weighted by Gasteiger charge is 2.35. The molecule has 0 bridgehead atoms. The summed E-state index contributed by atoms with van der Waals surface area (Å²) in [5.74, 6) is 0.0121. The number of carbonyl (C=O) groups excluding carboxylic acids is 1. The highest BCUT2D eigenvalue weighted by molar-refractivity contribution is 5.78. The third-order valence-electron chi connectivity index (χ3n) is 4.69. The van der Waals surface area contributed by atoms with Crippen molar-refractivity contribution in [1.29, 1.82) is 0 Å². The highest BCUT2D eigenvalue weighted by atomic mass is 16.5. The van der Waals surface area contributed by atoms with Gasteiger partial charge in [-0.15, -0.1) is 0 Å². The van der Waals surface area contributed by atoms with Crippen LogP contribution in [0.1, 0.15) is 31.2 Å². The first-order chi connectivity index (χ1) is 12.1. The number of aromatic nitrogens is 1. The predicted molar refractivity (Wildman–Crippen MR) is 96.8 cm³/mol. The van der Waals surface area contributed by atoms with E-state index >= 15 is 0 Å². The Morgan fingerprint density at radius 3 is 2.68 bits per heavy atom. The van der Waals surface area contributed by atoms with Crippen LogP contribution in [-0.2, 0) is 16.1 Å². The molecule has 1 aliphatic heterocycles. The number of pyridine rings is 1. The van der Waals surface area contributed by atoms with Crippen LogP contribution in [0.15, 0.2) is 54.7 Å². The van der Waals surface area contributed by atoms with Gasteiger partial charge in [0.05, 0.1) is 31.5 Å². The molecule has 0 aliphatic carbocycles. The lowest BCUT2D eigenvalue weighted by Crippen LogP contribution is -2.54. The van der Waals surface area contributed by atoms with Gasteiger partial charge < -0.3 is 10.1 Å². The van der Waals surface area contributed by atoms with Gasteiger partial charge in [-0.2, -0.15) is 0 Å². The van der Waals surface area contributed by atoms with Crippen molar-refractivity contribution in [3.8, 4) is 0 Å². The number of benzene rings is 1. The van der Waals surface area contributed by atoms with Crippen molar-refractivity contribution < 1.29 is 9.53 Å². The van der Waals surface area contributed by atoms with E-state index in [1.54, 1.807) is 6.20 Å². The molecule has 2 aromatic rings. The maximum Gasteiger partial charge on any atom is 0.234 e. The molecule has 1 aromatic heterocycles. The Morgan fingerprint density at radius 2 is 1.96 bits per heavy atom. The summed E-state index contributed by atoms with van der Waals surface area (Å²) in [7, 11) is 0. The molecule has 25 heavy (non-hydrogen) atoms. The number of nitrogens with zero attached hydrogens (tertiary/aromatic N) is 2. The number of ether oxygens (including phenoxy) is 1. The molecule has 0 saturated carbocycles. The smallest absolute Gasteiger partial charge is 0.234 e. The minimum Gasteiger partial charge on any atom is -0.370 e. The Morgan fingerprint density at radius 1 is 1.20 bits per heavy atom. The van der Waals surface area contributed by atoms with Crippen molar-refractivity contribution in [3.05, 3.63) is 66.0 Å². The Bertz CT molecular complexity index is 678. The van der Waals surface area contributed by atoms with Crippen LogP contribution in [0.3, 0.4) is 0 Å². The molecule has 0 spiro atoms. The summed E-state index contributed by atoms with van der Waals surface area (Å²) >= 11 is 0. The predicted octanol–water partition coefficient (Wildman–Crippen LogP) is 2.55. The van der Waals surface area contributed by atoms with Crippen molar-refractivity contribution in [1.82, 2.24) is 15.2 Å². The van der Waals surface area contributed by atoms with Crippen molar-refractivity contribution in [2.24, 2.45) is 0 Å². The SMILES string of the molecule is C[C@@H]1CO[C@H](c2ccccc2)[C@@H](C)N1CC(=O)NCc1ccccn1. The van der Waals surface area contributed by atoms with Gasteiger partial charge in [0, 0.05) is 18.3 Å². The fourth-order valence-electron chi connectivity index (χ4n) is 3.28. The minimum atomic E-state index is -0.0130. The van der Waals surface area contributed by atoms with E-state index in [0.717, 1.165) is 11.3 Å². The average Bonchev–Trinajstić information content (AvgIpc) is 2.65. The van der Waals surface area contributed by atoms with E-state index in [-0.39, 0.29) is 24.1 Å². The molecular formula is C20H25N3O2. The van der Waals surface area contributed by atoms with Gasteiger partial charge in [-0.05, 0) is 31.5 Å². The van der Waals surface area contributed by atoms with Gasteiger partial charge in [-0.3, -0.25) is 14.7 Å². The Hall–Kier alpha value is -2.24. The molecule has 0 unspecified atom stereocenters. The number of carbonyl (C=O) groups is 1. The first-order valence-electron chi connectivity index (χ1n) is 8.74. The minimum absolute atomic E-state index is 0.0121. The summed E-state index contributed by atoms with van der Waals surface area (Å²) in [6.07, 6.45) is 1.72. The maximum absolute atomic E-state index is 12.4. The molecule has 1 aliphatic rings. The van der Waals surface area contributed by atoms with Gasteiger partial charge in [-0.25, -0.2) is 0 Å². The van der Waals surface area contributed by atoms with Gasteiger partial charge in [-0.1, -0.05) is 36.4 Å². The molecule has 5 heteroatoms. The van der Waals surface area contributed by atoms with Crippen LogP contribution in [0.2, 0.25) is 0 Å². The van der Waals surface area contributed by atoms with E-state index in [0.29, 0.717) is 19.7 Å². The van der Waals surface area contributed by atoms with E-state index in [1.165, 1.54) is 0 Å². The standard InChI is InChI=1S/C20H25N3O2/c1-15-14-25-20(17-8-4-3-5-9-17)16(2)23(15)13-19(24)22-12-18-10-6-7-11-21-18/h3-11,15-16,20H,12-14H2,1-2H3,(H,22,24)/t15-,16-,20+/m1/s1. The fourth-order valence-corrected chi connectivity index (χ4v) is 3.28. The molecule has 1 N–H and O–H groups in total. The average molecular weight is 339 g/mol. The zero-order valence-corrected chi connectivity index (χ0v) is 14.8. The van der Waals surface area contributed by atoms with Crippen LogP contribution < -0.4 is 5.32 Å². The van der Waals surface area contributed by atoms with Crippen molar-refractivity contribution >= 4 is 5.91 Å². The van der Waals surface area contributed by atoms with Crippen LogP contribution in [-0.4, -0.2) is 41.0 Å². The molecule has 0 radical (unpaired) electrons. The number of hydrogen-bond donors (Lipinski definition) is 1. The molecule has 5 nitrogen and oxygen atoms in total. The van der Waals surface area contributed by atoms with Gasteiger partial charge in [0.15, 0.2) is 0 Å². The zero-order chi connectivity index (χ0) is 17.6. The highest BCUT2D eigenvalue weighted by Crippen LogP contribution is 2.30. The first kappa shape index (κ1) is 17.6.